The van der Waals surface area contributed by atoms with E-state index in [0.29, 0.717) is 12.5 Å². The molecule has 2 amide bonds. The van der Waals surface area contributed by atoms with E-state index >= 15 is 0 Å². The first-order valence-corrected chi connectivity index (χ1v) is 8.25. The van der Waals surface area contributed by atoms with Gasteiger partial charge in [0, 0.05) is 25.2 Å². The molecule has 0 atom stereocenters. The molecule has 2 aromatic rings. The molecule has 0 aliphatic heterocycles. The van der Waals surface area contributed by atoms with E-state index in [1.165, 1.54) is 24.1 Å². The normalized spacial score (nSPS) is 13.6. The monoisotopic (exact) mass is 317 g/mol. The summed E-state index contributed by atoms with van der Waals surface area (Å²) in [5.41, 5.74) is 3.69. The van der Waals surface area contributed by atoms with Gasteiger partial charge in [0.1, 0.15) is 6.33 Å². The van der Waals surface area contributed by atoms with Gasteiger partial charge in [-0.25, -0.2) is 9.78 Å². The number of H-pyrrole nitrogens is 1. The van der Waals surface area contributed by atoms with Gasteiger partial charge in [0.2, 0.25) is 5.95 Å². The van der Waals surface area contributed by atoms with Gasteiger partial charge in [0.05, 0.1) is 5.69 Å². The molecule has 23 heavy (non-hydrogen) atoms. The van der Waals surface area contributed by atoms with Gasteiger partial charge in [-0.3, -0.25) is 15.1 Å². The Morgan fingerprint density at radius 3 is 3.13 bits per heavy atom. The smallest absolute Gasteiger partial charge is 0.321 e. The van der Waals surface area contributed by atoms with Crippen LogP contribution in [0.5, 0.6) is 0 Å². The fraction of sp³-hybridized carbons (Fsp3) is 0.600. The van der Waals surface area contributed by atoms with Gasteiger partial charge in [0.15, 0.2) is 0 Å². The summed E-state index contributed by atoms with van der Waals surface area (Å²) in [7, 11) is 0. The van der Waals surface area contributed by atoms with E-state index in [9.17, 15) is 4.79 Å². The summed E-state index contributed by atoms with van der Waals surface area (Å²) < 4.78 is 1.71. The third-order valence-electron chi connectivity index (χ3n) is 4.00. The van der Waals surface area contributed by atoms with Crippen LogP contribution in [0, 0.1) is 0 Å². The van der Waals surface area contributed by atoms with Gasteiger partial charge in [-0.1, -0.05) is 6.92 Å². The van der Waals surface area contributed by atoms with Gasteiger partial charge in [-0.05, 0) is 37.7 Å². The number of amides is 2. The standard InChI is InChI=1S/C15H23N7O/c1-2-9-22-10-17-14(21-22)18-15(23)16-8-7-13-11-5-3-4-6-12(11)19-20-13/h10H,2-9H2,1H3,(H,19,20)(H2,16,18,21,23). The molecular formula is C15H23N7O. The largest absolute Gasteiger partial charge is 0.337 e. The van der Waals surface area contributed by atoms with Gasteiger partial charge in [-0.15, -0.1) is 5.10 Å². The molecule has 3 N–H and O–H groups in total. The van der Waals surface area contributed by atoms with E-state index in [1.54, 1.807) is 11.0 Å². The molecule has 0 fully saturated rings. The maximum Gasteiger partial charge on any atom is 0.321 e. The van der Waals surface area contributed by atoms with Crippen molar-refractivity contribution in [3.8, 4) is 0 Å². The summed E-state index contributed by atoms with van der Waals surface area (Å²) in [5, 5.41) is 17.1. The topological polar surface area (TPSA) is 101 Å². The molecule has 3 rings (SSSR count). The first-order valence-electron chi connectivity index (χ1n) is 8.25. The molecule has 8 nitrogen and oxygen atoms in total. The van der Waals surface area contributed by atoms with Crippen LogP contribution in [0.25, 0.3) is 0 Å². The van der Waals surface area contributed by atoms with Crippen LogP contribution in [0.3, 0.4) is 0 Å². The number of anilines is 1. The van der Waals surface area contributed by atoms with Crippen LogP contribution < -0.4 is 10.6 Å². The molecule has 1 aliphatic carbocycles. The molecule has 0 bridgehead atoms. The number of carbonyl (C=O) groups is 1. The number of aromatic nitrogens is 5. The van der Waals surface area contributed by atoms with Crippen molar-refractivity contribution >= 4 is 12.0 Å². The van der Waals surface area contributed by atoms with Crippen molar-refractivity contribution in [2.75, 3.05) is 11.9 Å². The molecule has 0 aromatic carbocycles. The Hall–Kier alpha value is -2.38. The zero-order chi connectivity index (χ0) is 16.1. The minimum absolute atomic E-state index is 0.288. The third kappa shape index (κ3) is 3.88. The Balaban J connectivity index is 1.45. The van der Waals surface area contributed by atoms with Crippen molar-refractivity contribution in [1.29, 1.82) is 0 Å². The highest BCUT2D eigenvalue weighted by Crippen LogP contribution is 2.22. The maximum absolute atomic E-state index is 11.9. The molecule has 0 unspecified atom stereocenters. The number of fused-ring (bicyclic) bond motifs is 1. The number of nitrogens with one attached hydrogen (secondary N) is 3. The van der Waals surface area contributed by atoms with Crippen LogP contribution in [0.2, 0.25) is 0 Å². The Kier molecular flexibility index (Phi) is 4.89. The van der Waals surface area contributed by atoms with Crippen LogP contribution in [-0.4, -0.2) is 37.5 Å². The Morgan fingerprint density at radius 1 is 1.39 bits per heavy atom. The zero-order valence-corrected chi connectivity index (χ0v) is 13.4. The summed E-state index contributed by atoms with van der Waals surface area (Å²) in [6, 6.07) is -0.288. The molecule has 0 spiro atoms. The SMILES string of the molecule is CCCn1cnc(NC(=O)NCCc2n[nH]c3c2CCCC3)n1. The van der Waals surface area contributed by atoms with Crippen LogP contribution in [0.4, 0.5) is 10.7 Å². The predicted molar refractivity (Wildman–Crippen MR) is 86.3 cm³/mol. The van der Waals surface area contributed by atoms with E-state index in [2.05, 4.69) is 37.8 Å². The molecule has 2 aromatic heterocycles. The average Bonchev–Trinajstić information content (AvgIpc) is 3.15. The second-order valence-corrected chi connectivity index (χ2v) is 5.80. The summed E-state index contributed by atoms with van der Waals surface area (Å²) in [6.45, 7) is 3.40. The molecule has 124 valence electrons. The Morgan fingerprint density at radius 2 is 2.26 bits per heavy atom. The first kappa shape index (κ1) is 15.5. The van der Waals surface area contributed by atoms with Crippen molar-refractivity contribution in [3.05, 3.63) is 23.3 Å². The number of rotatable bonds is 6. The van der Waals surface area contributed by atoms with E-state index < -0.39 is 0 Å². The number of hydrogen-bond donors (Lipinski definition) is 3. The fourth-order valence-electron chi connectivity index (χ4n) is 2.89. The van der Waals surface area contributed by atoms with E-state index in [4.69, 9.17) is 0 Å². The fourth-order valence-corrected chi connectivity index (χ4v) is 2.89. The average molecular weight is 317 g/mol. The third-order valence-corrected chi connectivity index (χ3v) is 4.00. The molecule has 1 aliphatic rings. The number of aryl methyl sites for hydroxylation is 2. The minimum Gasteiger partial charge on any atom is -0.337 e. The van der Waals surface area contributed by atoms with E-state index in [1.807, 2.05) is 0 Å². The van der Waals surface area contributed by atoms with Gasteiger partial charge >= 0.3 is 6.03 Å². The quantitative estimate of drug-likeness (QED) is 0.754. The molecule has 0 saturated heterocycles. The molecule has 0 saturated carbocycles. The van der Waals surface area contributed by atoms with Crippen LogP contribution in [0.1, 0.15) is 43.1 Å². The summed E-state index contributed by atoms with van der Waals surface area (Å²) in [4.78, 5) is 15.9. The number of nitrogens with zero attached hydrogens (tertiary/aromatic N) is 4. The lowest BCUT2D eigenvalue weighted by Gasteiger charge is -2.11. The highest BCUT2D eigenvalue weighted by Gasteiger charge is 2.16. The summed E-state index contributed by atoms with van der Waals surface area (Å²) >= 11 is 0. The van der Waals surface area contributed by atoms with E-state index in [-0.39, 0.29) is 6.03 Å². The lowest BCUT2D eigenvalue weighted by molar-refractivity contribution is 0.252. The number of hydrogen-bond acceptors (Lipinski definition) is 4. The predicted octanol–water partition coefficient (Wildman–Crippen LogP) is 1.65. The second-order valence-electron chi connectivity index (χ2n) is 5.80. The Bertz CT molecular complexity index is 661. The van der Waals surface area contributed by atoms with Crippen LogP contribution in [-0.2, 0) is 25.8 Å². The number of carbonyl (C=O) groups excluding carboxylic acids is 1. The summed E-state index contributed by atoms with van der Waals surface area (Å²) in [6.07, 6.45) is 7.95. The van der Waals surface area contributed by atoms with Crippen molar-refractivity contribution in [1.82, 2.24) is 30.3 Å². The van der Waals surface area contributed by atoms with Gasteiger partial charge < -0.3 is 5.32 Å². The Labute approximate surface area is 135 Å². The molecule has 8 heteroatoms. The lowest BCUT2D eigenvalue weighted by atomic mass is 9.95. The van der Waals surface area contributed by atoms with Crippen LogP contribution >= 0.6 is 0 Å². The number of aromatic amines is 1. The summed E-state index contributed by atoms with van der Waals surface area (Å²) in [5.74, 6) is 0.327. The first-order chi connectivity index (χ1) is 11.3. The van der Waals surface area contributed by atoms with Crippen molar-refractivity contribution in [2.24, 2.45) is 0 Å². The maximum atomic E-state index is 11.9. The highest BCUT2D eigenvalue weighted by atomic mass is 16.2. The van der Waals surface area contributed by atoms with Crippen molar-refractivity contribution in [2.45, 2.75) is 52.0 Å². The molecular weight excluding hydrogens is 294 g/mol. The van der Waals surface area contributed by atoms with Crippen molar-refractivity contribution in [3.63, 3.8) is 0 Å². The van der Waals surface area contributed by atoms with Gasteiger partial charge in [0.25, 0.3) is 0 Å². The molecule has 0 radical (unpaired) electrons. The van der Waals surface area contributed by atoms with Gasteiger partial charge in [-0.2, -0.15) is 5.10 Å². The lowest BCUT2D eigenvalue weighted by Crippen LogP contribution is -2.31. The zero-order valence-electron chi connectivity index (χ0n) is 13.4. The second kappa shape index (κ2) is 7.26. The highest BCUT2D eigenvalue weighted by molar-refractivity contribution is 5.87. The minimum atomic E-state index is -0.288. The van der Waals surface area contributed by atoms with Crippen LogP contribution in [0.15, 0.2) is 6.33 Å². The van der Waals surface area contributed by atoms with Crippen molar-refractivity contribution < 1.29 is 4.79 Å². The molecule has 2 heterocycles. The van der Waals surface area contributed by atoms with E-state index in [0.717, 1.165) is 37.9 Å². The number of urea groups is 1.